The molecule has 0 fully saturated rings. The molecule has 24 heavy (non-hydrogen) atoms. The van der Waals surface area contributed by atoms with Gasteiger partial charge in [0.05, 0.1) is 7.11 Å². The molecule has 1 aliphatic rings. The predicted octanol–water partition coefficient (Wildman–Crippen LogP) is 1.64. The molecule has 0 saturated carbocycles. The highest BCUT2D eigenvalue weighted by Crippen LogP contribution is 2.34. The molecule has 0 unspecified atom stereocenters. The summed E-state index contributed by atoms with van der Waals surface area (Å²) in [6.07, 6.45) is 0.995. The van der Waals surface area contributed by atoms with E-state index < -0.39 is 15.8 Å². The number of rotatable bonds is 5. The third-order valence-corrected chi connectivity index (χ3v) is 5.80. The van der Waals surface area contributed by atoms with Gasteiger partial charge in [-0.1, -0.05) is 6.07 Å². The monoisotopic (exact) mass is 371 g/mol. The molecular weight excluding hydrogens is 358 g/mol. The van der Waals surface area contributed by atoms with Gasteiger partial charge in [-0.15, -0.1) is 0 Å². The Morgan fingerprint density at radius 1 is 1.33 bits per heavy atom. The maximum absolute atomic E-state index is 11.9. The lowest BCUT2D eigenvalue weighted by Gasteiger charge is -2.07. The Bertz CT molecular complexity index is 889. The summed E-state index contributed by atoms with van der Waals surface area (Å²) in [6, 6.07) is 5.25. The minimum Gasteiger partial charge on any atom is -0.472 e. The third kappa shape index (κ3) is 3.15. The van der Waals surface area contributed by atoms with Crippen molar-refractivity contribution in [3.05, 3.63) is 29.3 Å². The molecule has 0 aliphatic carbocycles. The minimum absolute atomic E-state index is 0.0770. The van der Waals surface area contributed by atoms with E-state index in [0.717, 1.165) is 18.9 Å². The normalized spacial score (nSPS) is 12.9. The number of carbonyl (C=O) groups excluding carboxylic acids is 1. The van der Waals surface area contributed by atoms with Crippen LogP contribution in [0.4, 0.5) is 0 Å². The lowest BCUT2D eigenvalue weighted by atomic mass is 10.2. The Balaban J connectivity index is 1.85. The molecule has 0 N–H and O–H groups in total. The van der Waals surface area contributed by atoms with Crippen molar-refractivity contribution in [3.63, 3.8) is 0 Å². The van der Waals surface area contributed by atoms with Gasteiger partial charge in [-0.3, -0.25) is 0 Å². The summed E-state index contributed by atoms with van der Waals surface area (Å²) in [6.45, 7) is 0.240. The number of methoxy groups -OCH3 is 1. The third-order valence-electron chi connectivity index (χ3n) is 3.17. The fourth-order valence-corrected chi connectivity index (χ4v) is 3.83. The molecule has 0 saturated heterocycles. The Labute approximate surface area is 142 Å². The van der Waals surface area contributed by atoms with Crippen LogP contribution in [0, 0.1) is 0 Å². The summed E-state index contributed by atoms with van der Waals surface area (Å²) in [5, 5.41) is 0. The molecule has 2 heterocycles. The van der Waals surface area contributed by atoms with Gasteiger partial charge in [-0.25, -0.2) is 13.2 Å². The van der Waals surface area contributed by atoms with E-state index in [1.807, 2.05) is 0 Å². The summed E-state index contributed by atoms with van der Waals surface area (Å²) in [5.41, 5.74) is 0.565. The van der Waals surface area contributed by atoms with Crippen LogP contribution in [0.15, 0.2) is 22.4 Å². The van der Waals surface area contributed by atoms with Gasteiger partial charge in [0.25, 0.3) is 0 Å². The van der Waals surface area contributed by atoms with Crippen LogP contribution in [-0.2, 0) is 21.2 Å². The highest BCUT2D eigenvalue weighted by atomic mass is 32.2. The van der Waals surface area contributed by atoms with Crippen molar-refractivity contribution in [1.29, 1.82) is 0 Å². The van der Waals surface area contributed by atoms with Gasteiger partial charge >= 0.3 is 5.97 Å². The minimum atomic E-state index is -3.62. The molecule has 1 aromatic carbocycles. The van der Waals surface area contributed by atoms with Gasteiger partial charge in [0.15, 0.2) is 31.1 Å². The number of fused-ring (bicyclic) bond motifs is 1. The molecule has 1 aliphatic heterocycles. The second kappa shape index (κ2) is 6.29. The number of sulfone groups is 1. The molecule has 1 aromatic heterocycles. The summed E-state index contributed by atoms with van der Waals surface area (Å²) in [5.74, 6) is 0.344. The highest BCUT2D eigenvalue weighted by Gasteiger charge is 2.29. The molecule has 128 valence electrons. The Hall–Kier alpha value is -2.33. The number of carbonyl (C=O) groups is 1. The lowest BCUT2D eigenvalue weighted by Crippen LogP contribution is -2.09. The van der Waals surface area contributed by atoms with E-state index in [1.165, 1.54) is 0 Å². The fourth-order valence-electron chi connectivity index (χ4n) is 2.07. The first-order chi connectivity index (χ1) is 11.4. The van der Waals surface area contributed by atoms with Crippen LogP contribution in [0.25, 0.3) is 0 Å². The lowest BCUT2D eigenvalue weighted by molar-refractivity contribution is 0.0591. The van der Waals surface area contributed by atoms with Gasteiger partial charge in [0.2, 0.25) is 12.7 Å². The van der Waals surface area contributed by atoms with Gasteiger partial charge < -0.3 is 18.9 Å². The quantitative estimate of drug-likeness (QED) is 0.731. The number of hydrogen-bond acceptors (Lipinski definition) is 9. The van der Waals surface area contributed by atoms with Crippen molar-refractivity contribution < 1.29 is 32.2 Å². The number of ether oxygens (including phenoxy) is 4. The Morgan fingerprint density at radius 3 is 2.79 bits per heavy atom. The molecular formula is C14H13NO7S2. The van der Waals surface area contributed by atoms with E-state index in [9.17, 15) is 13.2 Å². The van der Waals surface area contributed by atoms with Crippen LogP contribution >= 0.6 is 11.5 Å². The highest BCUT2D eigenvalue weighted by molar-refractivity contribution is 7.92. The van der Waals surface area contributed by atoms with Gasteiger partial charge in [0.1, 0.15) is 6.61 Å². The van der Waals surface area contributed by atoms with Crippen molar-refractivity contribution in [2.75, 3.05) is 20.2 Å². The summed E-state index contributed by atoms with van der Waals surface area (Å²) in [7, 11) is -2.46. The second-order valence-electron chi connectivity index (χ2n) is 4.89. The molecule has 0 atom stereocenters. The predicted molar refractivity (Wildman–Crippen MR) is 83.5 cm³/mol. The van der Waals surface area contributed by atoms with Crippen molar-refractivity contribution in [3.8, 4) is 17.4 Å². The van der Waals surface area contributed by atoms with Crippen LogP contribution in [0.5, 0.6) is 17.4 Å². The molecule has 2 aromatic rings. The Morgan fingerprint density at radius 2 is 2.08 bits per heavy atom. The van der Waals surface area contributed by atoms with E-state index >= 15 is 0 Å². The summed E-state index contributed by atoms with van der Waals surface area (Å²) in [4.78, 5) is 11.9. The van der Waals surface area contributed by atoms with E-state index in [1.54, 1.807) is 18.2 Å². The molecule has 10 heteroatoms. The Kier molecular flexibility index (Phi) is 4.33. The number of aromatic nitrogens is 1. The van der Waals surface area contributed by atoms with Crippen molar-refractivity contribution >= 4 is 27.3 Å². The maximum atomic E-state index is 11.9. The topological polar surface area (TPSA) is 101 Å². The first-order valence-electron chi connectivity index (χ1n) is 6.69. The number of nitrogens with zero attached hydrogens (tertiary/aromatic N) is 1. The van der Waals surface area contributed by atoms with Crippen LogP contribution in [0.2, 0.25) is 0 Å². The molecule has 0 radical (unpaired) electrons. The average molecular weight is 371 g/mol. The zero-order chi connectivity index (χ0) is 17.3. The first kappa shape index (κ1) is 16.5. The van der Waals surface area contributed by atoms with Crippen LogP contribution < -0.4 is 14.2 Å². The first-order valence-corrected chi connectivity index (χ1v) is 9.36. The molecule has 0 bridgehead atoms. The van der Waals surface area contributed by atoms with Gasteiger partial charge in [-0.05, 0) is 29.2 Å². The number of benzene rings is 1. The van der Waals surface area contributed by atoms with Crippen molar-refractivity contribution in [2.45, 2.75) is 10.8 Å². The maximum Gasteiger partial charge on any atom is 0.345 e. The summed E-state index contributed by atoms with van der Waals surface area (Å²) >= 11 is 0.674. The van der Waals surface area contributed by atoms with Crippen molar-refractivity contribution in [1.82, 2.24) is 4.37 Å². The van der Waals surface area contributed by atoms with Gasteiger partial charge in [-0.2, -0.15) is 4.37 Å². The fraction of sp³-hybridized carbons (Fsp3) is 0.286. The van der Waals surface area contributed by atoms with E-state index in [0.29, 0.717) is 23.0 Å². The molecule has 8 nitrogen and oxygen atoms in total. The van der Waals surface area contributed by atoms with E-state index in [4.69, 9.17) is 14.2 Å². The summed E-state index contributed by atoms with van der Waals surface area (Å²) < 4.78 is 47.9. The van der Waals surface area contributed by atoms with E-state index in [2.05, 4.69) is 9.11 Å². The molecule has 3 rings (SSSR count). The zero-order valence-corrected chi connectivity index (χ0v) is 14.4. The molecule has 0 amide bonds. The molecule has 0 spiro atoms. The number of hydrogen-bond donors (Lipinski definition) is 0. The second-order valence-corrected chi connectivity index (χ2v) is 7.87. The largest absolute Gasteiger partial charge is 0.472 e. The standard InChI is InChI=1S/C14H13NO7S2/c1-19-13(16)11-12(15-23-14(11)24(2,17)18)20-6-8-3-4-9-10(5-8)22-7-21-9/h3-5H,6-7H2,1-2H3. The van der Waals surface area contributed by atoms with Crippen molar-refractivity contribution in [2.24, 2.45) is 0 Å². The number of esters is 1. The van der Waals surface area contributed by atoms with Crippen LogP contribution in [0.3, 0.4) is 0 Å². The van der Waals surface area contributed by atoms with Crippen LogP contribution in [0.1, 0.15) is 15.9 Å². The van der Waals surface area contributed by atoms with Crippen LogP contribution in [-0.4, -0.2) is 38.9 Å². The smallest absolute Gasteiger partial charge is 0.345 e. The average Bonchev–Trinajstić information content (AvgIpc) is 3.17. The van der Waals surface area contributed by atoms with E-state index in [-0.39, 0.29) is 29.1 Å². The zero-order valence-electron chi connectivity index (χ0n) is 12.8. The van der Waals surface area contributed by atoms with Gasteiger partial charge in [0, 0.05) is 6.26 Å². The SMILES string of the molecule is COC(=O)c1c(OCc2ccc3c(c2)OCO3)nsc1S(C)(=O)=O.